The van der Waals surface area contributed by atoms with Crippen molar-refractivity contribution in [2.75, 3.05) is 0 Å². The van der Waals surface area contributed by atoms with E-state index in [0.29, 0.717) is 12.1 Å². The molecule has 0 aromatic rings. The molecule has 1 atom stereocenters. The highest BCUT2D eigenvalue weighted by atomic mass is 16.2. The van der Waals surface area contributed by atoms with Crippen LogP contribution in [0.4, 0.5) is 0 Å². The number of piperidine rings is 1. The average Bonchev–Trinajstić information content (AvgIpc) is 2.26. The van der Waals surface area contributed by atoms with Crippen LogP contribution in [0.3, 0.4) is 0 Å². The largest absolute Gasteiger partial charge is 0.395 e. The van der Waals surface area contributed by atoms with Crippen molar-refractivity contribution in [1.82, 2.24) is 4.90 Å². The van der Waals surface area contributed by atoms with E-state index >= 15 is 0 Å². The smallest absolute Gasteiger partial charge is 0.274 e. The topological polar surface area (TPSA) is 63.4 Å². The maximum atomic E-state index is 12.0. The summed E-state index contributed by atoms with van der Waals surface area (Å²) in [4.78, 5) is 24.9. The summed E-state index contributed by atoms with van der Waals surface area (Å²) in [5.41, 5.74) is 6.43. The second-order valence-corrected chi connectivity index (χ2v) is 4.00. The fourth-order valence-electron chi connectivity index (χ4n) is 1.90. The molecule has 0 saturated carbocycles. The highest BCUT2D eigenvalue weighted by molar-refractivity contribution is 5.97. The molecule has 1 aliphatic rings. The van der Waals surface area contributed by atoms with E-state index in [9.17, 15) is 9.59 Å². The van der Waals surface area contributed by atoms with Crippen LogP contribution in [-0.4, -0.2) is 22.6 Å². The predicted molar refractivity (Wildman–Crippen MR) is 62.3 cm³/mol. The van der Waals surface area contributed by atoms with Gasteiger partial charge in [0.2, 0.25) is 0 Å². The molecular formula is C12H18N2O2. The Balaban J connectivity index is 2.99. The summed E-state index contributed by atoms with van der Waals surface area (Å²) < 4.78 is 0. The van der Waals surface area contributed by atoms with Crippen LogP contribution in [0.1, 0.15) is 33.1 Å². The molecule has 4 heteroatoms. The SMILES string of the molecule is C=C1CCCC(C(C)=O)N1C(=O)/C(N)=C\C. The van der Waals surface area contributed by atoms with Crippen molar-refractivity contribution in [2.24, 2.45) is 5.73 Å². The minimum atomic E-state index is -0.396. The Hall–Kier alpha value is -1.58. The lowest BCUT2D eigenvalue weighted by Gasteiger charge is -2.35. The lowest BCUT2D eigenvalue weighted by molar-refractivity contribution is -0.135. The molecule has 1 amide bonds. The van der Waals surface area contributed by atoms with Gasteiger partial charge < -0.3 is 10.6 Å². The van der Waals surface area contributed by atoms with Gasteiger partial charge in [-0.2, -0.15) is 0 Å². The van der Waals surface area contributed by atoms with Gasteiger partial charge in [0, 0.05) is 5.70 Å². The molecule has 0 spiro atoms. The molecule has 0 radical (unpaired) electrons. The number of allylic oxidation sites excluding steroid dienone is 2. The minimum absolute atomic E-state index is 0.0156. The van der Waals surface area contributed by atoms with Crippen LogP contribution in [0, 0.1) is 0 Å². The lowest BCUT2D eigenvalue weighted by atomic mass is 9.96. The minimum Gasteiger partial charge on any atom is -0.395 e. The summed E-state index contributed by atoms with van der Waals surface area (Å²) in [5.74, 6) is -0.328. The molecule has 16 heavy (non-hydrogen) atoms. The van der Waals surface area contributed by atoms with Crippen molar-refractivity contribution in [3.8, 4) is 0 Å². The first-order valence-corrected chi connectivity index (χ1v) is 5.42. The van der Waals surface area contributed by atoms with Crippen molar-refractivity contribution in [3.63, 3.8) is 0 Å². The van der Waals surface area contributed by atoms with Gasteiger partial charge in [-0.25, -0.2) is 0 Å². The molecule has 1 unspecified atom stereocenters. The van der Waals surface area contributed by atoms with E-state index in [0.717, 1.165) is 12.8 Å². The number of carbonyl (C=O) groups excluding carboxylic acids is 2. The summed E-state index contributed by atoms with van der Waals surface area (Å²) >= 11 is 0. The number of ketones is 1. The lowest BCUT2D eigenvalue weighted by Crippen LogP contribution is -2.47. The molecule has 4 nitrogen and oxygen atoms in total. The molecule has 1 heterocycles. The van der Waals surface area contributed by atoms with Gasteiger partial charge in [-0.1, -0.05) is 12.7 Å². The van der Waals surface area contributed by atoms with Crippen LogP contribution in [0.25, 0.3) is 0 Å². The number of carbonyl (C=O) groups is 2. The molecule has 2 N–H and O–H groups in total. The van der Waals surface area contributed by atoms with Crippen LogP contribution in [0.15, 0.2) is 24.0 Å². The molecule has 88 valence electrons. The zero-order valence-corrected chi connectivity index (χ0v) is 9.82. The Morgan fingerprint density at radius 2 is 2.19 bits per heavy atom. The number of rotatable bonds is 2. The van der Waals surface area contributed by atoms with Gasteiger partial charge in [-0.05, 0) is 33.1 Å². The second-order valence-electron chi connectivity index (χ2n) is 4.00. The van der Waals surface area contributed by atoms with Gasteiger partial charge in [0.15, 0.2) is 5.78 Å². The fraction of sp³-hybridized carbons (Fsp3) is 0.500. The average molecular weight is 222 g/mol. The summed E-state index contributed by atoms with van der Waals surface area (Å²) in [7, 11) is 0. The van der Waals surface area contributed by atoms with Crippen molar-refractivity contribution in [1.29, 1.82) is 0 Å². The zero-order valence-electron chi connectivity index (χ0n) is 9.82. The summed E-state index contributed by atoms with van der Waals surface area (Å²) in [6.45, 7) is 7.03. The summed E-state index contributed by atoms with van der Waals surface area (Å²) in [6, 6.07) is -0.396. The van der Waals surface area contributed by atoms with E-state index in [1.807, 2.05) is 0 Å². The van der Waals surface area contributed by atoms with Gasteiger partial charge in [0.05, 0.1) is 11.7 Å². The summed E-state index contributed by atoms with van der Waals surface area (Å²) in [6.07, 6.45) is 3.87. The first-order valence-electron chi connectivity index (χ1n) is 5.42. The van der Waals surface area contributed by atoms with Crippen LogP contribution < -0.4 is 5.73 Å². The number of likely N-dealkylation sites (tertiary alicyclic amines) is 1. The van der Waals surface area contributed by atoms with Gasteiger partial charge >= 0.3 is 0 Å². The maximum absolute atomic E-state index is 12.0. The third-order valence-electron chi connectivity index (χ3n) is 2.84. The van der Waals surface area contributed by atoms with Crippen molar-refractivity contribution < 1.29 is 9.59 Å². The highest BCUT2D eigenvalue weighted by Gasteiger charge is 2.32. The van der Waals surface area contributed by atoms with E-state index in [-0.39, 0.29) is 17.4 Å². The Bertz CT molecular complexity index is 358. The number of amides is 1. The van der Waals surface area contributed by atoms with Gasteiger partial charge in [-0.15, -0.1) is 0 Å². The number of hydrogen-bond acceptors (Lipinski definition) is 3. The Morgan fingerprint density at radius 1 is 1.56 bits per heavy atom. The highest BCUT2D eigenvalue weighted by Crippen LogP contribution is 2.26. The van der Waals surface area contributed by atoms with Crippen LogP contribution in [-0.2, 0) is 9.59 Å². The zero-order chi connectivity index (χ0) is 12.3. The Labute approximate surface area is 95.8 Å². The van der Waals surface area contributed by atoms with Crippen LogP contribution in [0.2, 0.25) is 0 Å². The fourth-order valence-corrected chi connectivity index (χ4v) is 1.90. The molecule has 1 aliphatic heterocycles. The van der Waals surface area contributed by atoms with Gasteiger partial charge in [0.1, 0.15) is 0 Å². The van der Waals surface area contributed by atoms with Crippen molar-refractivity contribution >= 4 is 11.7 Å². The number of hydrogen-bond donors (Lipinski definition) is 1. The first kappa shape index (κ1) is 12.5. The van der Waals surface area contributed by atoms with E-state index in [1.165, 1.54) is 11.8 Å². The molecule has 1 saturated heterocycles. The third kappa shape index (κ3) is 2.32. The van der Waals surface area contributed by atoms with Crippen LogP contribution in [0.5, 0.6) is 0 Å². The van der Waals surface area contributed by atoms with E-state index in [1.54, 1.807) is 13.0 Å². The van der Waals surface area contributed by atoms with Crippen molar-refractivity contribution in [2.45, 2.75) is 39.2 Å². The van der Waals surface area contributed by atoms with E-state index < -0.39 is 6.04 Å². The standard InChI is InChI=1S/C12H18N2O2/c1-4-10(13)12(16)14-8(2)6-5-7-11(14)9(3)15/h4,11H,2,5-7,13H2,1,3H3/b10-4+. The normalized spacial score (nSPS) is 22.1. The molecule has 0 aromatic heterocycles. The molecule has 0 aromatic carbocycles. The van der Waals surface area contributed by atoms with Gasteiger partial charge in [0.25, 0.3) is 5.91 Å². The molecule has 1 rings (SSSR count). The Kier molecular flexibility index (Phi) is 3.88. The maximum Gasteiger partial charge on any atom is 0.274 e. The van der Waals surface area contributed by atoms with Crippen molar-refractivity contribution in [3.05, 3.63) is 24.0 Å². The predicted octanol–water partition coefficient (Wildman–Crippen LogP) is 1.33. The second kappa shape index (κ2) is 4.96. The van der Waals surface area contributed by atoms with Gasteiger partial charge in [-0.3, -0.25) is 9.59 Å². The third-order valence-corrected chi connectivity index (χ3v) is 2.84. The number of Topliss-reactive ketones (excluding diaryl/α,β-unsaturated/α-hetero) is 1. The first-order chi connectivity index (χ1) is 7.49. The molecule has 0 bridgehead atoms. The quantitative estimate of drug-likeness (QED) is 0.717. The molecule has 1 fully saturated rings. The monoisotopic (exact) mass is 222 g/mol. The molecule has 0 aliphatic carbocycles. The Morgan fingerprint density at radius 3 is 2.69 bits per heavy atom. The van der Waals surface area contributed by atoms with E-state index in [2.05, 4.69) is 6.58 Å². The summed E-state index contributed by atoms with van der Waals surface area (Å²) in [5, 5.41) is 0. The number of nitrogens with zero attached hydrogens (tertiary/aromatic N) is 1. The number of nitrogens with two attached hydrogens (primary N) is 1. The van der Waals surface area contributed by atoms with E-state index in [4.69, 9.17) is 5.73 Å². The van der Waals surface area contributed by atoms with Crippen LogP contribution >= 0.6 is 0 Å². The molecular weight excluding hydrogens is 204 g/mol.